The van der Waals surface area contributed by atoms with Crippen molar-refractivity contribution in [3.8, 4) is 0 Å². The van der Waals surface area contributed by atoms with Gasteiger partial charge in [-0.05, 0) is 32.0 Å². The van der Waals surface area contributed by atoms with E-state index in [1.807, 2.05) is 0 Å². The number of carbonyl (C=O) groups excluding carboxylic acids is 1. The van der Waals surface area contributed by atoms with Gasteiger partial charge >= 0.3 is 0 Å². The number of rotatable bonds is 5. The molecular weight excluding hydrogens is 319 g/mol. The molecule has 1 aromatic rings. The van der Waals surface area contributed by atoms with Gasteiger partial charge in [0.05, 0.1) is 0 Å². The molecule has 3 atom stereocenters. The second-order valence-electron chi connectivity index (χ2n) is 8.25. The van der Waals surface area contributed by atoms with E-state index in [1.165, 1.54) is 6.07 Å². The van der Waals surface area contributed by atoms with Crippen molar-refractivity contribution in [1.29, 1.82) is 0 Å². The van der Waals surface area contributed by atoms with Crippen molar-refractivity contribution in [3.05, 3.63) is 35.6 Å². The van der Waals surface area contributed by atoms with Gasteiger partial charge in [-0.15, -0.1) is 0 Å². The minimum Gasteiger partial charge on any atom is -0.342 e. The molecule has 0 spiro atoms. The Hall–Kier alpha value is -1.50. The van der Waals surface area contributed by atoms with Crippen molar-refractivity contribution in [3.63, 3.8) is 0 Å². The number of hydrogen-bond acceptors (Lipinski definition) is 4. The van der Waals surface area contributed by atoms with Gasteiger partial charge in [-0.1, -0.05) is 39.0 Å². The molecule has 1 heterocycles. The lowest BCUT2D eigenvalue weighted by molar-refractivity contribution is -0.135. The average molecular weight is 350 g/mol. The minimum absolute atomic E-state index is 0.101. The summed E-state index contributed by atoms with van der Waals surface area (Å²) in [7, 11) is 5.38. The monoisotopic (exact) mass is 350 g/mol. The molecule has 3 unspecified atom stereocenters. The molecule has 2 rings (SSSR count). The summed E-state index contributed by atoms with van der Waals surface area (Å²) in [5.74, 6) is -0.451. The highest BCUT2D eigenvalue weighted by atomic mass is 19.1. The van der Waals surface area contributed by atoms with E-state index in [2.05, 4.69) is 31.6 Å². The van der Waals surface area contributed by atoms with Crippen molar-refractivity contribution < 1.29 is 9.18 Å². The van der Waals surface area contributed by atoms with Crippen molar-refractivity contribution >= 4 is 5.91 Å². The maximum Gasteiger partial charge on any atom is 0.244 e. The van der Waals surface area contributed by atoms with Crippen LogP contribution in [0.1, 0.15) is 38.8 Å². The number of benzene rings is 1. The summed E-state index contributed by atoms with van der Waals surface area (Å²) in [6.07, 6.45) is 0.952. The zero-order valence-electron chi connectivity index (χ0n) is 16.1. The van der Waals surface area contributed by atoms with Gasteiger partial charge in [0.2, 0.25) is 5.91 Å². The van der Waals surface area contributed by atoms with Gasteiger partial charge in [-0.25, -0.2) is 4.39 Å². The van der Waals surface area contributed by atoms with Gasteiger partial charge in [0.15, 0.2) is 0 Å². The van der Waals surface area contributed by atoms with Crippen molar-refractivity contribution in [2.75, 3.05) is 27.7 Å². The molecule has 1 amide bonds. The number of likely N-dealkylation sites (N-methyl/N-ethyl adjacent to an activating group) is 2. The first-order valence-corrected chi connectivity index (χ1v) is 8.78. The molecular formula is C19H31FN4O. The first-order valence-electron chi connectivity index (χ1n) is 8.78. The molecule has 0 radical (unpaired) electrons. The van der Waals surface area contributed by atoms with E-state index in [1.54, 1.807) is 49.1 Å². The lowest BCUT2D eigenvalue weighted by Crippen LogP contribution is -2.45. The van der Waals surface area contributed by atoms with Gasteiger partial charge in [0.1, 0.15) is 11.9 Å². The number of amides is 1. The fourth-order valence-electron chi connectivity index (χ4n) is 3.27. The van der Waals surface area contributed by atoms with Gasteiger partial charge in [-0.2, -0.15) is 0 Å². The van der Waals surface area contributed by atoms with Crippen LogP contribution >= 0.6 is 0 Å². The lowest BCUT2D eigenvalue weighted by Gasteiger charge is -2.30. The lowest BCUT2D eigenvalue weighted by atomic mass is 9.84. The smallest absolute Gasteiger partial charge is 0.244 e. The van der Waals surface area contributed by atoms with E-state index in [9.17, 15) is 9.18 Å². The molecule has 0 aliphatic carbocycles. The van der Waals surface area contributed by atoms with Crippen LogP contribution in [0.25, 0.3) is 0 Å². The predicted octanol–water partition coefficient (Wildman–Crippen LogP) is 2.17. The Kier molecular flexibility index (Phi) is 6.19. The van der Waals surface area contributed by atoms with Crippen molar-refractivity contribution in [2.45, 2.75) is 45.3 Å². The van der Waals surface area contributed by atoms with Crippen LogP contribution in [0, 0.1) is 11.2 Å². The predicted molar refractivity (Wildman–Crippen MR) is 98.4 cm³/mol. The van der Waals surface area contributed by atoms with Crippen LogP contribution < -0.4 is 10.9 Å². The maximum atomic E-state index is 14.2. The Balaban J connectivity index is 2.06. The molecule has 140 valence electrons. The molecule has 1 aromatic carbocycles. The molecule has 5 nitrogen and oxygen atoms in total. The Morgan fingerprint density at radius 2 is 1.88 bits per heavy atom. The van der Waals surface area contributed by atoms with Gasteiger partial charge in [0, 0.05) is 31.2 Å². The quantitative estimate of drug-likeness (QED) is 0.854. The highest BCUT2D eigenvalue weighted by molar-refractivity contribution is 5.83. The molecule has 25 heavy (non-hydrogen) atoms. The fourth-order valence-corrected chi connectivity index (χ4v) is 3.27. The number of hydrogen-bond donors (Lipinski definition) is 2. The van der Waals surface area contributed by atoms with Crippen LogP contribution in [0.3, 0.4) is 0 Å². The van der Waals surface area contributed by atoms with Crippen LogP contribution in [0.15, 0.2) is 24.3 Å². The second-order valence-corrected chi connectivity index (χ2v) is 8.25. The number of hydrazine groups is 1. The number of carbonyl (C=O) groups is 1. The standard InChI is InChI=1S/C19H31FN4O/c1-19(2,3)16-11-13(21-22-16)12-24(6)18(25)17(23(4)5)14-9-7-8-10-15(14)20/h7-10,13,16-17,21-22H,11-12H2,1-6H3. The van der Waals surface area contributed by atoms with Crippen LogP contribution in [-0.2, 0) is 4.79 Å². The summed E-state index contributed by atoms with van der Waals surface area (Å²) in [6, 6.07) is 6.39. The van der Waals surface area contributed by atoms with Gasteiger partial charge < -0.3 is 4.90 Å². The van der Waals surface area contributed by atoms with E-state index in [0.717, 1.165) is 6.42 Å². The topological polar surface area (TPSA) is 47.6 Å². The highest BCUT2D eigenvalue weighted by Crippen LogP contribution is 2.27. The van der Waals surface area contributed by atoms with Crippen LogP contribution in [-0.4, -0.2) is 55.5 Å². The maximum absolute atomic E-state index is 14.2. The van der Waals surface area contributed by atoms with Crippen LogP contribution in [0.2, 0.25) is 0 Å². The molecule has 0 aromatic heterocycles. The summed E-state index contributed by atoms with van der Waals surface area (Å²) in [5, 5.41) is 0. The van der Waals surface area contributed by atoms with Crippen LogP contribution in [0.4, 0.5) is 4.39 Å². The molecule has 2 N–H and O–H groups in total. The summed E-state index contributed by atoms with van der Waals surface area (Å²) >= 11 is 0. The van der Waals surface area contributed by atoms with Crippen LogP contribution in [0.5, 0.6) is 0 Å². The minimum atomic E-state index is -0.626. The summed E-state index contributed by atoms with van der Waals surface area (Å²) in [5.41, 5.74) is 7.18. The van der Waals surface area contributed by atoms with E-state index >= 15 is 0 Å². The average Bonchev–Trinajstić information content (AvgIpc) is 2.97. The molecule has 6 heteroatoms. The summed E-state index contributed by atoms with van der Waals surface area (Å²) in [4.78, 5) is 16.4. The molecule has 0 bridgehead atoms. The first-order chi connectivity index (χ1) is 11.6. The third-order valence-corrected chi connectivity index (χ3v) is 4.85. The van der Waals surface area contributed by atoms with E-state index in [4.69, 9.17) is 0 Å². The van der Waals surface area contributed by atoms with Crippen molar-refractivity contribution in [1.82, 2.24) is 20.7 Å². The third kappa shape index (κ3) is 4.77. The largest absolute Gasteiger partial charge is 0.342 e. The number of nitrogens with zero attached hydrogens (tertiary/aromatic N) is 2. The Bertz CT molecular complexity index is 599. The van der Waals surface area contributed by atoms with Gasteiger partial charge in [0.25, 0.3) is 0 Å². The van der Waals surface area contributed by atoms with Gasteiger partial charge in [-0.3, -0.25) is 20.5 Å². The summed E-state index contributed by atoms with van der Waals surface area (Å²) in [6.45, 7) is 7.18. The molecule has 0 saturated carbocycles. The SMILES string of the molecule is CN(CC1CC(C(C)(C)C)NN1)C(=O)C(c1ccccc1F)N(C)C. The third-order valence-electron chi connectivity index (χ3n) is 4.85. The first kappa shape index (κ1) is 19.8. The Labute approximate surface area is 150 Å². The highest BCUT2D eigenvalue weighted by Gasteiger charge is 2.35. The summed E-state index contributed by atoms with van der Waals surface area (Å²) < 4.78 is 14.2. The zero-order chi connectivity index (χ0) is 18.8. The molecule has 1 aliphatic heterocycles. The number of nitrogens with one attached hydrogen (secondary N) is 2. The van der Waals surface area contributed by atoms with Crippen molar-refractivity contribution in [2.24, 2.45) is 5.41 Å². The second kappa shape index (κ2) is 7.81. The number of halogens is 1. The Morgan fingerprint density at radius 1 is 1.24 bits per heavy atom. The Morgan fingerprint density at radius 3 is 2.40 bits per heavy atom. The molecule has 1 saturated heterocycles. The van der Waals surface area contributed by atoms with E-state index in [0.29, 0.717) is 18.2 Å². The van der Waals surface area contributed by atoms with E-state index in [-0.39, 0.29) is 23.2 Å². The molecule has 1 fully saturated rings. The molecule has 1 aliphatic rings. The fraction of sp³-hybridized carbons (Fsp3) is 0.632. The van der Waals surface area contributed by atoms with E-state index < -0.39 is 6.04 Å². The zero-order valence-corrected chi connectivity index (χ0v) is 16.1. The normalized spacial score (nSPS) is 22.2.